The van der Waals surface area contributed by atoms with E-state index in [1.807, 2.05) is 12.1 Å². The Labute approximate surface area is 89.2 Å². The highest BCUT2D eigenvalue weighted by Gasteiger charge is 2.01. The van der Waals surface area contributed by atoms with Gasteiger partial charge in [-0.1, -0.05) is 23.8 Å². The normalized spacial score (nSPS) is 10.2. The number of nitrogens with one attached hydrogen (secondary N) is 1. The van der Waals surface area contributed by atoms with Crippen molar-refractivity contribution in [3.05, 3.63) is 33.4 Å². The Hall–Kier alpha value is -0.710. The van der Waals surface area contributed by atoms with Crippen LogP contribution in [0.2, 0.25) is 4.34 Å². The van der Waals surface area contributed by atoms with Gasteiger partial charge in [0.25, 0.3) is 0 Å². The van der Waals surface area contributed by atoms with Gasteiger partial charge in [-0.25, -0.2) is 4.98 Å². The Morgan fingerprint density at radius 3 is 2.85 bits per heavy atom. The second kappa shape index (κ2) is 3.57. The van der Waals surface area contributed by atoms with Gasteiger partial charge in [-0.2, -0.15) is 0 Å². The van der Waals surface area contributed by atoms with E-state index in [0.717, 1.165) is 15.0 Å². The first-order chi connectivity index (χ1) is 6.25. The molecule has 2 rings (SSSR count). The topological polar surface area (TPSA) is 28.7 Å². The average Bonchev–Trinajstić information content (AvgIpc) is 2.52. The summed E-state index contributed by atoms with van der Waals surface area (Å²) in [5.74, 6) is 0.768. The SMILES string of the molecule is S=c1ccnc(-c2ccc(Cl)s2)[nH]1. The largest absolute Gasteiger partial charge is 0.330 e. The number of aromatic nitrogens is 2. The van der Waals surface area contributed by atoms with E-state index in [0.29, 0.717) is 4.64 Å². The van der Waals surface area contributed by atoms with Crippen molar-refractivity contribution in [1.82, 2.24) is 9.97 Å². The molecule has 0 amide bonds. The van der Waals surface area contributed by atoms with Gasteiger partial charge in [-0.15, -0.1) is 11.3 Å². The van der Waals surface area contributed by atoms with Gasteiger partial charge in [0.15, 0.2) is 0 Å². The number of thiophene rings is 1. The summed E-state index contributed by atoms with van der Waals surface area (Å²) >= 11 is 12.3. The third-order valence-electron chi connectivity index (χ3n) is 1.48. The Balaban J connectivity index is 2.52. The second-order valence-electron chi connectivity index (χ2n) is 2.39. The van der Waals surface area contributed by atoms with Gasteiger partial charge in [-0.05, 0) is 18.2 Å². The molecule has 0 radical (unpaired) electrons. The van der Waals surface area contributed by atoms with Gasteiger partial charge in [-0.3, -0.25) is 0 Å². The van der Waals surface area contributed by atoms with Crippen molar-refractivity contribution in [1.29, 1.82) is 0 Å². The summed E-state index contributed by atoms with van der Waals surface area (Å²) in [6.45, 7) is 0. The molecular formula is C8H5ClN2S2. The summed E-state index contributed by atoms with van der Waals surface area (Å²) in [4.78, 5) is 8.14. The zero-order chi connectivity index (χ0) is 9.26. The van der Waals surface area contributed by atoms with Gasteiger partial charge >= 0.3 is 0 Å². The van der Waals surface area contributed by atoms with Crippen molar-refractivity contribution < 1.29 is 0 Å². The molecule has 5 heteroatoms. The Morgan fingerprint density at radius 1 is 1.38 bits per heavy atom. The third kappa shape index (κ3) is 1.96. The van der Waals surface area contributed by atoms with Gasteiger partial charge in [0, 0.05) is 6.20 Å². The highest BCUT2D eigenvalue weighted by molar-refractivity contribution is 7.71. The maximum atomic E-state index is 5.80. The summed E-state index contributed by atoms with van der Waals surface area (Å²) in [5.41, 5.74) is 0. The van der Waals surface area contributed by atoms with Crippen LogP contribution in [0.4, 0.5) is 0 Å². The molecule has 0 atom stereocenters. The standard InChI is InChI=1S/C8H5ClN2S2/c9-6-2-1-5(13-6)8-10-4-3-7(12)11-8/h1-4H,(H,10,11,12). The fourth-order valence-corrected chi connectivity index (χ4v) is 2.09. The van der Waals surface area contributed by atoms with E-state index in [2.05, 4.69) is 9.97 Å². The van der Waals surface area contributed by atoms with Crippen LogP contribution in [0.3, 0.4) is 0 Å². The van der Waals surface area contributed by atoms with Crippen LogP contribution >= 0.6 is 35.2 Å². The highest BCUT2D eigenvalue weighted by Crippen LogP contribution is 2.28. The molecule has 0 saturated heterocycles. The van der Waals surface area contributed by atoms with Crippen molar-refractivity contribution in [2.24, 2.45) is 0 Å². The molecule has 0 aliphatic heterocycles. The van der Waals surface area contributed by atoms with Crippen LogP contribution in [-0.2, 0) is 0 Å². The van der Waals surface area contributed by atoms with Crippen molar-refractivity contribution in [3.63, 3.8) is 0 Å². The van der Waals surface area contributed by atoms with Crippen LogP contribution in [-0.4, -0.2) is 9.97 Å². The van der Waals surface area contributed by atoms with Gasteiger partial charge in [0.1, 0.15) is 10.5 Å². The molecule has 0 spiro atoms. The molecule has 2 aromatic rings. The van der Waals surface area contributed by atoms with Crippen LogP contribution < -0.4 is 0 Å². The van der Waals surface area contributed by atoms with Gasteiger partial charge in [0.2, 0.25) is 0 Å². The summed E-state index contributed by atoms with van der Waals surface area (Å²) in [6, 6.07) is 5.50. The Kier molecular flexibility index (Phi) is 2.44. The average molecular weight is 229 g/mol. The lowest BCUT2D eigenvalue weighted by atomic mass is 10.4. The van der Waals surface area contributed by atoms with Crippen LogP contribution in [0.5, 0.6) is 0 Å². The van der Waals surface area contributed by atoms with E-state index in [1.165, 1.54) is 11.3 Å². The molecule has 2 aromatic heterocycles. The molecule has 0 aliphatic carbocycles. The van der Waals surface area contributed by atoms with Crippen molar-refractivity contribution in [2.45, 2.75) is 0 Å². The number of H-pyrrole nitrogens is 1. The monoisotopic (exact) mass is 228 g/mol. The second-order valence-corrected chi connectivity index (χ2v) is 4.54. The van der Waals surface area contributed by atoms with E-state index in [-0.39, 0.29) is 0 Å². The maximum Gasteiger partial charge on any atom is 0.148 e. The number of rotatable bonds is 1. The van der Waals surface area contributed by atoms with Crippen molar-refractivity contribution in [2.75, 3.05) is 0 Å². The van der Waals surface area contributed by atoms with E-state index in [9.17, 15) is 0 Å². The third-order valence-corrected chi connectivity index (χ3v) is 2.95. The molecule has 0 aromatic carbocycles. The number of hydrogen-bond acceptors (Lipinski definition) is 3. The quantitative estimate of drug-likeness (QED) is 0.757. The fraction of sp³-hybridized carbons (Fsp3) is 0. The molecular weight excluding hydrogens is 224 g/mol. The van der Waals surface area contributed by atoms with Gasteiger partial charge in [0.05, 0.1) is 9.21 Å². The minimum absolute atomic E-state index is 0.675. The van der Waals surface area contributed by atoms with E-state index in [4.69, 9.17) is 23.8 Å². The fourth-order valence-electron chi connectivity index (χ4n) is 0.937. The number of nitrogens with zero attached hydrogens (tertiary/aromatic N) is 1. The Bertz CT molecular complexity index is 475. The smallest absolute Gasteiger partial charge is 0.148 e. The summed E-state index contributed by atoms with van der Waals surface area (Å²) < 4.78 is 1.43. The number of halogens is 1. The molecule has 13 heavy (non-hydrogen) atoms. The van der Waals surface area contributed by atoms with Crippen LogP contribution in [0.15, 0.2) is 24.4 Å². The lowest BCUT2D eigenvalue weighted by Crippen LogP contribution is -1.84. The maximum absolute atomic E-state index is 5.80. The van der Waals surface area contributed by atoms with E-state index < -0.39 is 0 Å². The Morgan fingerprint density at radius 2 is 2.23 bits per heavy atom. The van der Waals surface area contributed by atoms with E-state index >= 15 is 0 Å². The molecule has 0 fully saturated rings. The number of aromatic amines is 1. The van der Waals surface area contributed by atoms with Crippen molar-refractivity contribution >= 4 is 35.2 Å². The zero-order valence-electron chi connectivity index (χ0n) is 6.45. The first-order valence-electron chi connectivity index (χ1n) is 3.57. The molecule has 0 aliphatic rings. The predicted octanol–water partition coefficient (Wildman–Crippen LogP) is 3.52. The minimum atomic E-state index is 0.675. The summed E-state index contributed by atoms with van der Waals surface area (Å²) in [6.07, 6.45) is 1.68. The molecule has 1 N–H and O–H groups in total. The zero-order valence-corrected chi connectivity index (χ0v) is 8.84. The molecule has 2 heterocycles. The highest BCUT2D eigenvalue weighted by atomic mass is 35.5. The van der Waals surface area contributed by atoms with Gasteiger partial charge < -0.3 is 4.98 Å². The summed E-state index contributed by atoms with van der Waals surface area (Å²) in [7, 11) is 0. The molecule has 0 bridgehead atoms. The van der Waals surface area contributed by atoms with E-state index in [1.54, 1.807) is 12.3 Å². The van der Waals surface area contributed by atoms with Crippen molar-refractivity contribution in [3.8, 4) is 10.7 Å². The summed E-state index contributed by atoms with van der Waals surface area (Å²) in [5, 5.41) is 0. The minimum Gasteiger partial charge on any atom is -0.330 e. The molecule has 0 unspecified atom stereocenters. The van der Waals surface area contributed by atoms with Crippen LogP contribution in [0.25, 0.3) is 10.7 Å². The molecule has 0 saturated carbocycles. The van der Waals surface area contributed by atoms with Crippen LogP contribution in [0, 0.1) is 4.64 Å². The predicted molar refractivity (Wildman–Crippen MR) is 57.7 cm³/mol. The molecule has 66 valence electrons. The first-order valence-corrected chi connectivity index (χ1v) is 5.17. The lowest BCUT2D eigenvalue weighted by Gasteiger charge is -1.94. The lowest BCUT2D eigenvalue weighted by molar-refractivity contribution is 1.17. The van der Waals surface area contributed by atoms with Crippen LogP contribution in [0.1, 0.15) is 0 Å². The first kappa shape index (κ1) is 8.87. The number of hydrogen-bond donors (Lipinski definition) is 1. The molecule has 2 nitrogen and oxygen atoms in total.